The van der Waals surface area contributed by atoms with Gasteiger partial charge in [0.05, 0.1) is 10.8 Å². The van der Waals surface area contributed by atoms with Crippen molar-refractivity contribution in [1.82, 2.24) is 0 Å². The number of ketones is 2. The number of carboxylic acid groups (broad SMARTS) is 2. The zero-order valence-corrected chi connectivity index (χ0v) is 22.4. The van der Waals surface area contributed by atoms with Crippen LogP contribution >= 0.6 is 0 Å². The molecule has 0 amide bonds. The Balaban J connectivity index is 1.74. The smallest absolute Gasteiger partial charge is 0.309 e. The molecule has 0 aromatic rings. The van der Waals surface area contributed by atoms with Crippen LogP contribution in [0.15, 0.2) is 0 Å². The molecule has 2 N–H and O–H groups in total. The fourth-order valence-corrected chi connectivity index (χ4v) is 6.01. The first-order valence-corrected chi connectivity index (χ1v) is 13.9. The van der Waals surface area contributed by atoms with E-state index in [1.807, 2.05) is 0 Å². The van der Waals surface area contributed by atoms with Crippen LogP contribution < -0.4 is 0 Å². The second-order valence-electron chi connectivity index (χ2n) is 12.5. The quantitative estimate of drug-likeness (QED) is 0.280. The molecule has 0 aromatic heterocycles. The van der Waals surface area contributed by atoms with Crippen molar-refractivity contribution in [3.63, 3.8) is 0 Å². The number of carboxylic acids is 2. The summed E-state index contributed by atoms with van der Waals surface area (Å²) in [5, 5.41) is 18.6. The highest BCUT2D eigenvalue weighted by molar-refractivity contribution is 5.85. The van der Waals surface area contributed by atoms with Gasteiger partial charge in [-0.25, -0.2) is 0 Å². The lowest BCUT2D eigenvalue weighted by Gasteiger charge is -2.30. The summed E-state index contributed by atoms with van der Waals surface area (Å²) in [6, 6.07) is 0. The lowest BCUT2D eigenvalue weighted by Crippen LogP contribution is -2.31. The maximum Gasteiger partial charge on any atom is 0.309 e. The fraction of sp³-hybridized carbons (Fsp3) is 0.862. The van der Waals surface area contributed by atoms with E-state index in [1.165, 1.54) is 0 Å². The van der Waals surface area contributed by atoms with Gasteiger partial charge in [-0.1, -0.05) is 32.1 Å². The molecule has 0 saturated heterocycles. The Hall–Kier alpha value is -1.72. The standard InChI is InChI=1S/C29H48O6/c1-28(2,26(32)33)18-8-16-22-14-6-12-20(24(22)30)10-5-11-21-13-7-15-23(25(21)31)17-9-19-29(3,4)27(34)35/h20-23H,5-19H2,1-4H3,(H,32,33)(H,34,35). The predicted octanol–water partition coefficient (Wildman–Crippen LogP) is 6.69. The summed E-state index contributed by atoms with van der Waals surface area (Å²) in [6.45, 7) is 6.98. The van der Waals surface area contributed by atoms with Crippen LogP contribution in [0.5, 0.6) is 0 Å². The maximum atomic E-state index is 13.0. The van der Waals surface area contributed by atoms with E-state index in [-0.39, 0.29) is 23.7 Å². The van der Waals surface area contributed by atoms with Gasteiger partial charge in [0, 0.05) is 23.7 Å². The van der Waals surface area contributed by atoms with Gasteiger partial charge >= 0.3 is 11.9 Å². The molecule has 2 saturated carbocycles. The van der Waals surface area contributed by atoms with E-state index in [0.29, 0.717) is 24.4 Å². The lowest BCUT2D eigenvalue weighted by atomic mass is 9.73. The number of rotatable bonds is 14. The van der Waals surface area contributed by atoms with Gasteiger partial charge in [-0.15, -0.1) is 0 Å². The van der Waals surface area contributed by atoms with Gasteiger partial charge in [0.25, 0.3) is 0 Å². The van der Waals surface area contributed by atoms with Crippen LogP contribution in [0, 0.1) is 34.5 Å². The van der Waals surface area contributed by atoms with Gasteiger partial charge in [-0.05, 0) is 91.9 Å². The molecule has 6 nitrogen and oxygen atoms in total. The summed E-state index contributed by atoms with van der Waals surface area (Å²) in [6.07, 6.45) is 12.8. The highest BCUT2D eigenvalue weighted by atomic mass is 16.4. The largest absolute Gasteiger partial charge is 0.481 e. The molecule has 2 aliphatic carbocycles. The molecule has 0 spiro atoms. The Morgan fingerprint density at radius 3 is 1.20 bits per heavy atom. The van der Waals surface area contributed by atoms with E-state index in [1.54, 1.807) is 27.7 Å². The zero-order valence-electron chi connectivity index (χ0n) is 22.4. The molecule has 0 aromatic carbocycles. The number of aliphatic carboxylic acids is 2. The number of hydrogen-bond donors (Lipinski definition) is 2. The average molecular weight is 493 g/mol. The van der Waals surface area contributed by atoms with E-state index < -0.39 is 22.8 Å². The van der Waals surface area contributed by atoms with Crippen LogP contribution in [-0.2, 0) is 19.2 Å². The Morgan fingerprint density at radius 2 is 0.914 bits per heavy atom. The zero-order chi connectivity index (χ0) is 26.2. The van der Waals surface area contributed by atoms with E-state index in [2.05, 4.69) is 0 Å². The number of hydrogen-bond acceptors (Lipinski definition) is 4. The van der Waals surface area contributed by atoms with Crippen molar-refractivity contribution in [2.24, 2.45) is 34.5 Å². The molecule has 2 aliphatic rings. The second kappa shape index (κ2) is 13.0. The van der Waals surface area contributed by atoms with Crippen LogP contribution in [-0.4, -0.2) is 33.7 Å². The van der Waals surface area contributed by atoms with Crippen LogP contribution in [0.2, 0.25) is 0 Å². The fourth-order valence-electron chi connectivity index (χ4n) is 6.01. The summed E-state index contributed by atoms with van der Waals surface area (Å²) in [5.41, 5.74) is -1.48. The molecule has 4 unspecified atom stereocenters. The van der Waals surface area contributed by atoms with Crippen LogP contribution in [0.1, 0.15) is 124 Å². The summed E-state index contributed by atoms with van der Waals surface area (Å²) in [7, 11) is 0. The molecule has 2 fully saturated rings. The molecule has 200 valence electrons. The highest BCUT2D eigenvalue weighted by Crippen LogP contribution is 2.37. The maximum absolute atomic E-state index is 13.0. The van der Waals surface area contributed by atoms with Gasteiger partial charge in [-0.2, -0.15) is 0 Å². The third-order valence-corrected chi connectivity index (χ3v) is 8.79. The van der Waals surface area contributed by atoms with Crippen molar-refractivity contribution in [3.8, 4) is 0 Å². The summed E-state index contributed by atoms with van der Waals surface area (Å²) >= 11 is 0. The summed E-state index contributed by atoms with van der Waals surface area (Å²) < 4.78 is 0. The Bertz CT molecular complexity index is 690. The molecular formula is C29H48O6. The minimum atomic E-state index is -0.783. The van der Waals surface area contributed by atoms with Crippen LogP contribution in [0.25, 0.3) is 0 Å². The molecular weight excluding hydrogens is 444 g/mol. The first-order valence-electron chi connectivity index (χ1n) is 13.9. The van der Waals surface area contributed by atoms with E-state index in [4.69, 9.17) is 0 Å². The molecule has 4 atom stereocenters. The van der Waals surface area contributed by atoms with Crippen LogP contribution in [0.3, 0.4) is 0 Å². The van der Waals surface area contributed by atoms with Gasteiger partial charge in [0.15, 0.2) is 0 Å². The van der Waals surface area contributed by atoms with E-state index in [9.17, 15) is 29.4 Å². The molecule has 0 bridgehead atoms. The van der Waals surface area contributed by atoms with Gasteiger partial charge in [-0.3, -0.25) is 19.2 Å². The Morgan fingerprint density at radius 1 is 0.629 bits per heavy atom. The van der Waals surface area contributed by atoms with Crippen molar-refractivity contribution in [2.45, 2.75) is 124 Å². The molecule has 0 heterocycles. The first kappa shape index (κ1) is 29.5. The molecule has 0 aliphatic heterocycles. The topological polar surface area (TPSA) is 109 Å². The predicted molar refractivity (Wildman–Crippen MR) is 136 cm³/mol. The van der Waals surface area contributed by atoms with Crippen molar-refractivity contribution in [1.29, 1.82) is 0 Å². The van der Waals surface area contributed by atoms with Crippen LogP contribution in [0.4, 0.5) is 0 Å². The van der Waals surface area contributed by atoms with Crippen molar-refractivity contribution in [3.05, 3.63) is 0 Å². The Kier molecular flexibility index (Phi) is 11.0. The van der Waals surface area contributed by atoms with Gasteiger partial charge < -0.3 is 10.2 Å². The third-order valence-electron chi connectivity index (χ3n) is 8.79. The first-order chi connectivity index (χ1) is 16.3. The third kappa shape index (κ3) is 8.71. The summed E-state index contributed by atoms with van der Waals surface area (Å²) in [4.78, 5) is 48.7. The number of carbonyl (C=O) groups is 4. The molecule has 0 radical (unpaired) electrons. The average Bonchev–Trinajstić information content (AvgIpc) is 2.77. The van der Waals surface area contributed by atoms with Crippen molar-refractivity contribution in [2.75, 3.05) is 0 Å². The highest BCUT2D eigenvalue weighted by Gasteiger charge is 2.34. The minimum absolute atomic E-state index is 0.0640. The summed E-state index contributed by atoms with van der Waals surface area (Å²) in [5.74, 6) is -0.537. The number of Topliss-reactive ketones (excluding diaryl/α,β-unsaturated/α-hetero) is 2. The lowest BCUT2D eigenvalue weighted by molar-refractivity contribution is -0.148. The van der Waals surface area contributed by atoms with Gasteiger partial charge in [0.2, 0.25) is 0 Å². The van der Waals surface area contributed by atoms with Crippen molar-refractivity contribution >= 4 is 23.5 Å². The van der Waals surface area contributed by atoms with E-state index in [0.717, 1.165) is 83.5 Å². The molecule has 2 rings (SSSR count). The van der Waals surface area contributed by atoms with Crippen molar-refractivity contribution < 1.29 is 29.4 Å². The number of carbonyl (C=O) groups excluding carboxylic acids is 2. The monoisotopic (exact) mass is 492 g/mol. The van der Waals surface area contributed by atoms with Gasteiger partial charge in [0.1, 0.15) is 11.6 Å². The second-order valence-corrected chi connectivity index (χ2v) is 12.5. The minimum Gasteiger partial charge on any atom is -0.481 e. The molecule has 35 heavy (non-hydrogen) atoms. The Labute approximate surface area is 211 Å². The normalized spacial score (nSPS) is 26.1. The molecule has 6 heteroatoms. The SMILES string of the molecule is CC(C)(CCCC1CCCC(CCCC2CCCC(CCCC(C)(C)C(=O)O)C2=O)C1=O)C(=O)O. The van der Waals surface area contributed by atoms with E-state index >= 15 is 0 Å².